The summed E-state index contributed by atoms with van der Waals surface area (Å²) in [5.74, 6) is 1.67. The van der Waals surface area contributed by atoms with E-state index in [1.54, 1.807) is 11.3 Å². The van der Waals surface area contributed by atoms with E-state index >= 15 is 0 Å². The average molecular weight is 411 g/mol. The summed E-state index contributed by atoms with van der Waals surface area (Å²) in [5, 5.41) is 7.65. The molecule has 0 saturated carbocycles. The molecule has 0 unspecified atom stereocenters. The van der Waals surface area contributed by atoms with E-state index in [-0.39, 0.29) is 0 Å². The molecule has 7 heteroatoms. The Morgan fingerprint density at radius 1 is 1.29 bits per heavy atom. The Bertz CT molecular complexity index is 642. The number of nitrogens with zero attached hydrogens (tertiary/aromatic N) is 2. The highest BCUT2D eigenvalue weighted by atomic mass is 79.9. The topological polar surface area (TPSA) is 58.5 Å². The van der Waals surface area contributed by atoms with Crippen molar-refractivity contribution in [3.05, 3.63) is 44.8 Å². The predicted molar refractivity (Wildman–Crippen MR) is 104 cm³/mol. The average Bonchev–Trinajstić information content (AvgIpc) is 2.98. The lowest BCUT2D eigenvalue weighted by atomic mass is 10.3. The summed E-state index contributed by atoms with van der Waals surface area (Å²) in [6, 6.07) is 7.82. The standard InChI is InChI=1S/C17H23BrN4OS/c1-3-19-17(20-9-8-16-22-12-13(2)24-16)21-10-11-23-15-6-4-14(18)5-7-15/h4-7,12H,3,8-11H2,1-2H3,(H2,19,20,21). The van der Waals surface area contributed by atoms with Crippen molar-refractivity contribution in [3.8, 4) is 5.75 Å². The first-order valence-electron chi connectivity index (χ1n) is 7.99. The number of benzene rings is 1. The van der Waals surface area contributed by atoms with Crippen LogP contribution in [0.3, 0.4) is 0 Å². The van der Waals surface area contributed by atoms with Gasteiger partial charge in [0, 0.05) is 35.1 Å². The summed E-state index contributed by atoms with van der Waals surface area (Å²) in [6.45, 7) is 6.95. The van der Waals surface area contributed by atoms with Gasteiger partial charge in [0.15, 0.2) is 5.96 Å². The van der Waals surface area contributed by atoms with Crippen LogP contribution in [0, 0.1) is 6.92 Å². The van der Waals surface area contributed by atoms with Crippen molar-refractivity contribution in [3.63, 3.8) is 0 Å². The lowest BCUT2D eigenvalue weighted by Gasteiger charge is -2.12. The van der Waals surface area contributed by atoms with Crippen LogP contribution < -0.4 is 15.4 Å². The molecule has 1 aromatic carbocycles. The highest BCUT2D eigenvalue weighted by Crippen LogP contribution is 2.15. The number of guanidine groups is 1. The smallest absolute Gasteiger partial charge is 0.191 e. The quantitative estimate of drug-likeness (QED) is 0.397. The number of rotatable bonds is 8. The molecular formula is C17H23BrN4OS. The lowest BCUT2D eigenvalue weighted by Crippen LogP contribution is -2.39. The number of halogens is 1. The zero-order valence-corrected chi connectivity index (χ0v) is 16.4. The van der Waals surface area contributed by atoms with Crippen molar-refractivity contribution in [1.82, 2.24) is 15.6 Å². The molecule has 1 aromatic heterocycles. The van der Waals surface area contributed by atoms with Crippen molar-refractivity contribution in [2.75, 3.05) is 26.2 Å². The van der Waals surface area contributed by atoms with Crippen LogP contribution in [0.25, 0.3) is 0 Å². The molecule has 2 aromatic rings. The van der Waals surface area contributed by atoms with Crippen LogP contribution >= 0.6 is 27.3 Å². The van der Waals surface area contributed by atoms with Gasteiger partial charge < -0.3 is 15.4 Å². The molecule has 0 amide bonds. The Balaban J connectivity index is 1.71. The minimum absolute atomic E-state index is 0.581. The van der Waals surface area contributed by atoms with Crippen LogP contribution in [-0.4, -0.2) is 37.2 Å². The molecule has 0 radical (unpaired) electrons. The van der Waals surface area contributed by atoms with Gasteiger partial charge in [-0.3, -0.25) is 4.99 Å². The molecule has 0 spiro atoms. The highest BCUT2D eigenvalue weighted by molar-refractivity contribution is 9.10. The lowest BCUT2D eigenvalue weighted by molar-refractivity contribution is 0.322. The third-order valence-corrected chi connectivity index (χ3v) is 4.59. The first kappa shape index (κ1) is 18.7. The van der Waals surface area contributed by atoms with Crippen molar-refractivity contribution >= 4 is 33.2 Å². The summed E-state index contributed by atoms with van der Waals surface area (Å²) in [6.07, 6.45) is 2.77. The number of aryl methyl sites for hydroxylation is 1. The molecule has 1 heterocycles. The molecule has 0 saturated heterocycles. The van der Waals surface area contributed by atoms with Gasteiger partial charge in [-0.05, 0) is 38.1 Å². The van der Waals surface area contributed by atoms with Crippen LogP contribution in [0.2, 0.25) is 0 Å². The number of nitrogens with one attached hydrogen (secondary N) is 2. The second kappa shape index (κ2) is 10.3. The molecule has 130 valence electrons. The fourth-order valence-electron chi connectivity index (χ4n) is 1.99. The van der Waals surface area contributed by atoms with E-state index in [4.69, 9.17) is 4.74 Å². The fourth-order valence-corrected chi connectivity index (χ4v) is 3.03. The molecule has 0 aliphatic heterocycles. The maximum absolute atomic E-state index is 5.69. The Hall–Kier alpha value is -1.60. The van der Waals surface area contributed by atoms with Crippen molar-refractivity contribution in [1.29, 1.82) is 0 Å². The van der Waals surface area contributed by atoms with Gasteiger partial charge in [0.2, 0.25) is 0 Å². The first-order valence-corrected chi connectivity index (χ1v) is 9.60. The van der Waals surface area contributed by atoms with Crippen molar-refractivity contribution in [2.24, 2.45) is 4.99 Å². The van der Waals surface area contributed by atoms with Crippen LogP contribution in [0.4, 0.5) is 0 Å². The Morgan fingerprint density at radius 2 is 2.08 bits per heavy atom. The van der Waals surface area contributed by atoms with E-state index in [0.29, 0.717) is 13.2 Å². The normalized spacial score (nSPS) is 11.4. The van der Waals surface area contributed by atoms with Crippen LogP contribution in [0.1, 0.15) is 16.8 Å². The number of hydrogen-bond donors (Lipinski definition) is 2. The third-order valence-electron chi connectivity index (χ3n) is 3.09. The Kier molecular flexibility index (Phi) is 8.04. The molecule has 24 heavy (non-hydrogen) atoms. The highest BCUT2D eigenvalue weighted by Gasteiger charge is 2.00. The van der Waals surface area contributed by atoms with E-state index in [1.165, 1.54) is 4.88 Å². The van der Waals surface area contributed by atoms with E-state index in [1.807, 2.05) is 30.5 Å². The SMILES string of the molecule is CCNC(=NCCc1ncc(C)s1)NCCOc1ccc(Br)cc1. The van der Waals surface area contributed by atoms with Gasteiger partial charge >= 0.3 is 0 Å². The van der Waals surface area contributed by atoms with Gasteiger partial charge in [0.25, 0.3) is 0 Å². The number of ether oxygens (including phenoxy) is 1. The van der Waals surface area contributed by atoms with Gasteiger partial charge in [-0.25, -0.2) is 4.98 Å². The minimum atomic E-state index is 0.581. The molecule has 0 fully saturated rings. The molecule has 0 aliphatic rings. The second-order valence-electron chi connectivity index (χ2n) is 5.10. The van der Waals surface area contributed by atoms with Gasteiger partial charge in [-0.1, -0.05) is 15.9 Å². The summed E-state index contributed by atoms with van der Waals surface area (Å²) >= 11 is 5.14. The Labute approximate surface area is 155 Å². The van der Waals surface area contributed by atoms with Crippen LogP contribution in [0.15, 0.2) is 39.9 Å². The van der Waals surface area contributed by atoms with Gasteiger partial charge in [-0.15, -0.1) is 11.3 Å². The van der Waals surface area contributed by atoms with Crippen molar-refractivity contribution < 1.29 is 4.74 Å². The van der Waals surface area contributed by atoms with Gasteiger partial charge in [-0.2, -0.15) is 0 Å². The molecule has 0 aliphatic carbocycles. The largest absolute Gasteiger partial charge is 0.492 e. The Morgan fingerprint density at radius 3 is 2.75 bits per heavy atom. The summed E-state index contributed by atoms with van der Waals surface area (Å²) in [5.41, 5.74) is 0. The third kappa shape index (κ3) is 6.88. The van der Waals surface area contributed by atoms with E-state index in [0.717, 1.165) is 40.7 Å². The van der Waals surface area contributed by atoms with E-state index in [2.05, 4.69) is 50.4 Å². The maximum atomic E-state index is 5.69. The van der Waals surface area contributed by atoms with Gasteiger partial charge in [0.1, 0.15) is 12.4 Å². The predicted octanol–water partition coefficient (Wildman–Crippen LogP) is 3.39. The summed E-state index contributed by atoms with van der Waals surface area (Å²) in [4.78, 5) is 10.2. The van der Waals surface area contributed by atoms with E-state index in [9.17, 15) is 0 Å². The molecule has 5 nitrogen and oxygen atoms in total. The van der Waals surface area contributed by atoms with Crippen LogP contribution in [-0.2, 0) is 6.42 Å². The van der Waals surface area contributed by atoms with Crippen LogP contribution in [0.5, 0.6) is 5.75 Å². The van der Waals surface area contributed by atoms with Crippen molar-refractivity contribution in [2.45, 2.75) is 20.3 Å². The summed E-state index contributed by atoms with van der Waals surface area (Å²) < 4.78 is 6.74. The molecule has 0 bridgehead atoms. The number of hydrogen-bond acceptors (Lipinski definition) is 4. The maximum Gasteiger partial charge on any atom is 0.191 e. The summed E-state index contributed by atoms with van der Waals surface area (Å²) in [7, 11) is 0. The molecular weight excluding hydrogens is 388 g/mol. The zero-order chi connectivity index (χ0) is 17.2. The molecule has 0 atom stereocenters. The molecule has 2 N–H and O–H groups in total. The number of thiazole rings is 1. The fraction of sp³-hybridized carbons (Fsp3) is 0.412. The number of aromatic nitrogens is 1. The minimum Gasteiger partial charge on any atom is -0.492 e. The first-order chi connectivity index (χ1) is 11.7. The molecule has 2 rings (SSSR count). The number of aliphatic imine (C=N–C) groups is 1. The zero-order valence-electron chi connectivity index (χ0n) is 14.0. The van der Waals surface area contributed by atoms with E-state index < -0.39 is 0 Å². The second-order valence-corrected chi connectivity index (χ2v) is 7.34. The van der Waals surface area contributed by atoms with Gasteiger partial charge in [0.05, 0.1) is 11.6 Å². The monoisotopic (exact) mass is 410 g/mol.